The van der Waals surface area contributed by atoms with E-state index in [1.54, 1.807) is 0 Å². The molecule has 2 nitrogen and oxygen atoms in total. The molecule has 1 heterocycles. The Kier molecular flexibility index (Phi) is 3.70. The van der Waals surface area contributed by atoms with E-state index in [-0.39, 0.29) is 6.17 Å². The van der Waals surface area contributed by atoms with E-state index in [0.29, 0.717) is 6.04 Å². The maximum absolute atomic E-state index is 3.58. The Balaban J connectivity index is 2.00. The van der Waals surface area contributed by atoms with Gasteiger partial charge < -0.3 is 9.80 Å². The minimum atomic E-state index is 0.210. The van der Waals surface area contributed by atoms with Crippen molar-refractivity contribution in [3.63, 3.8) is 0 Å². The zero-order valence-corrected chi connectivity index (χ0v) is 12.8. The molecule has 1 atom stereocenters. The highest BCUT2D eigenvalue weighted by atomic mass is 15.4. The summed E-state index contributed by atoms with van der Waals surface area (Å²) in [6.07, 6.45) is 3.79. The Labute approximate surface area is 127 Å². The van der Waals surface area contributed by atoms with E-state index in [2.05, 4.69) is 91.5 Å². The standard InChI is InChI=1S/C19H21N2/c1-15(2)21-14-18(16-10-6-4-7-11-16)20(3)19(21)17-12-8-5-9-13-17/h4-13,15,19H,1-3H3. The minimum Gasteiger partial charge on any atom is -0.348 e. The zero-order chi connectivity index (χ0) is 14.8. The molecule has 0 N–H and O–H groups in total. The van der Waals surface area contributed by atoms with Crippen LogP contribution < -0.4 is 0 Å². The van der Waals surface area contributed by atoms with Crippen molar-refractivity contribution in [2.24, 2.45) is 0 Å². The summed E-state index contributed by atoms with van der Waals surface area (Å²) in [5, 5.41) is 0. The van der Waals surface area contributed by atoms with Gasteiger partial charge in [0.25, 0.3) is 0 Å². The second-order valence-electron chi connectivity index (χ2n) is 5.72. The number of benzene rings is 2. The van der Waals surface area contributed by atoms with E-state index in [0.717, 1.165) is 5.70 Å². The lowest BCUT2D eigenvalue weighted by atomic mass is 10.1. The second kappa shape index (κ2) is 5.65. The van der Waals surface area contributed by atoms with E-state index in [4.69, 9.17) is 0 Å². The van der Waals surface area contributed by atoms with Gasteiger partial charge in [-0.3, -0.25) is 0 Å². The predicted octanol–water partition coefficient (Wildman–Crippen LogP) is 4.14. The molecule has 0 amide bonds. The fourth-order valence-electron chi connectivity index (χ4n) is 2.86. The lowest BCUT2D eigenvalue weighted by Gasteiger charge is -2.34. The Hall–Kier alpha value is -2.22. The van der Waals surface area contributed by atoms with E-state index in [1.807, 2.05) is 6.07 Å². The summed E-state index contributed by atoms with van der Waals surface area (Å²) in [4.78, 5) is 4.61. The van der Waals surface area contributed by atoms with E-state index in [1.165, 1.54) is 11.1 Å². The Morgan fingerprint density at radius 3 is 2.05 bits per heavy atom. The molecule has 21 heavy (non-hydrogen) atoms. The summed E-state index contributed by atoms with van der Waals surface area (Å²) in [6.45, 7) is 4.43. The van der Waals surface area contributed by atoms with Crippen LogP contribution in [0.2, 0.25) is 0 Å². The van der Waals surface area contributed by atoms with Gasteiger partial charge in [0.15, 0.2) is 0 Å². The summed E-state index contributed by atoms with van der Waals surface area (Å²) in [7, 11) is 2.15. The van der Waals surface area contributed by atoms with Crippen LogP contribution in [0.25, 0.3) is 5.70 Å². The smallest absolute Gasteiger partial charge is 0.128 e. The van der Waals surface area contributed by atoms with Crippen LogP contribution in [-0.2, 0) is 0 Å². The van der Waals surface area contributed by atoms with Crippen molar-refractivity contribution in [1.82, 2.24) is 9.80 Å². The molecule has 3 rings (SSSR count). The molecule has 0 saturated carbocycles. The molecule has 2 aromatic carbocycles. The third kappa shape index (κ3) is 2.54. The maximum atomic E-state index is 3.58. The van der Waals surface area contributed by atoms with Crippen LogP contribution in [0.1, 0.15) is 31.1 Å². The summed E-state index contributed by atoms with van der Waals surface area (Å²) in [5.41, 5.74) is 3.66. The fraction of sp³-hybridized carbons (Fsp3) is 0.263. The topological polar surface area (TPSA) is 6.48 Å². The van der Waals surface area contributed by atoms with E-state index < -0.39 is 0 Å². The first-order valence-electron chi connectivity index (χ1n) is 7.43. The van der Waals surface area contributed by atoms with Crippen LogP contribution in [0, 0.1) is 6.20 Å². The van der Waals surface area contributed by atoms with Gasteiger partial charge in [-0.2, -0.15) is 0 Å². The molecule has 107 valence electrons. The lowest BCUT2D eigenvalue weighted by Crippen LogP contribution is -2.33. The Bertz CT molecular complexity index is 617. The van der Waals surface area contributed by atoms with Gasteiger partial charge in [0.2, 0.25) is 0 Å². The quantitative estimate of drug-likeness (QED) is 0.832. The van der Waals surface area contributed by atoms with Gasteiger partial charge in [0.1, 0.15) is 6.17 Å². The van der Waals surface area contributed by atoms with E-state index >= 15 is 0 Å². The molecule has 0 saturated heterocycles. The molecule has 0 aliphatic carbocycles. The number of nitrogens with zero attached hydrogens (tertiary/aromatic N) is 2. The molecule has 1 radical (unpaired) electrons. The summed E-state index contributed by atoms with van der Waals surface area (Å²) < 4.78 is 0. The van der Waals surface area contributed by atoms with Crippen LogP contribution in [0.15, 0.2) is 60.7 Å². The Morgan fingerprint density at radius 2 is 1.48 bits per heavy atom. The molecular formula is C19H21N2. The van der Waals surface area contributed by atoms with Crippen LogP contribution >= 0.6 is 0 Å². The highest BCUT2D eigenvalue weighted by molar-refractivity contribution is 5.64. The van der Waals surface area contributed by atoms with E-state index in [9.17, 15) is 0 Å². The maximum Gasteiger partial charge on any atom is 0.128 e. The first-order valence-corrected chi connectivity index (χ1v) is 7.43. The van der Waals surface area contributed by atoms with Crippen molar-refractivity contribution in [3.8, 4) is 0 Å². The third-order valence-corrected chi connectivity index (χ3v) is 3.92. The molecule has 2 heteroatoms. The molecule has 1 unspecified atom stereocenters. The van der Waals surface area contributed by atoms with Crippen molar-refractivity contribution in [2.75, 3.05) is 7.05 Å². The largest absolute Gasteiger partial charge is 0.348 e. The van der Waals surface area contributed by atoms with Crippen molar-refractivity contribution in [3.05, 3.63) is 78.0 Å². The van der Waals surface area contributed by atoms with Gasteiger partial charge in [0.05, 0.1) is 11.9 Å². The highest BCUT2D eigenvalue weighted by Gasteiger charge is 2.33. The number of hydrogen-bond donors (Lipinski definition) is 0. The van der Waals surface area contributed by atoms with Crippen LogP contribution in [0.3, 0.4) is 0 Å². The van der Waals surface area contributed by atoms with Gasteiger partial charge in [-0.25, -0.2) is 0 Å². The molecule has 1 aliphatic heterocycles. The van der Waals surface area contributed by atoms with Crippen LogP contribution in [0.4, 0.5) is 0 Å². The zero-order valence-electron chi connectivity index (χ0n) is 12.8. The minimum absolute atomic E-state index is 0.210. The number of rotatable bonds is 3. The van der Waals surface area contributed by atoms with Gasteiger partial charge >= 0.3 is 0 Å². The van der Waals surface area contributed by atoms with Crippen LogP contribution in [0.5, 0.6) is 0 Å². The van der Waals surface area contributed by atoms with Gasteiger partial charge in [-0.1, -0.05) is 60.7 Å². The van der Waals surface area contributed by atoms with Gasteiger partial charge in [-0.05, 0) is 19.4 Å². The average Bonchev–Trinajstić information content (AvgIpc) is 2.87. The summed E-state index contributed by atoms with van der Waals surface area (Å²) in [5.74, 6) is 0. The third-order valence-electron chi connectivity index (χ3n) is 3.92. The molecule has 0 spiro atoms. The average molecular weight is 277 g/mol. The Morgan fingerprint density at radius 1 is 0.905 bits per heavy atom. The normalized spacial score (nSPS) is 18.3. The van der Waals surface area contributed by atoms with Crippen molar-refractivity contribution in [2.45, 2.75) is 26.1 Å². The second-order valence-corrected chi connectivity index (χ2v) is 5.72. The molecule has 0 fully saturated rings. The van der Waals surface area contributed by atoms with Gasteiger partial charge in [-0.15, -0.1) is 0 Å². The van der Waals surface area contributed by atoms with Crippen molar-refractivity contribution >= 4 is 5.70 Å². The van der Waals surface area contributed by atoms with Gasteiger partial charge in [0, 0.05) is 18.7 Å². The highest BCUT2D eigenvalue weighted by Crippen LogP contribution is 2.38. The molecular weight excluding hydrogens is 256 g/mol. The van der Waals surface area contributed by atoms with Crippen molar-refractivity contribution < 1.29 is 0 Å². The van der Waals surface area contributed by atoms with Crippen molar-refractivity contribution in [1.29, 1.82) is 0 Å². The monoisotopic (exact) mass is 277 g/mol. The molecule has 0 aromatic heterocycles. The predicted molar refractivity (Wildman–Crippen MR) is 87.0 cm³/mol. The first kappa shape index (κ1) is 13.7. The lowest BCUT2D eigenvalue weighted by molar-refractivity contribution is 0.145. The molecule has 2 aromatic rings. The van der Waals surface area contributed by atoms with Crippen LogP contribution in [-0.4, -0.2) is 22.9 Å². The SMILES string of the molecule is CC(C)N1[C]=C(c2ccccc2)N(C)C1c1ccccc1. The summed E-state index contributed by atoms with van der Waals surface area (Å²) >= 11 is 0. The first-order chi connectivity index (χ1) is 10.2. The summed E-state index contributed by atoms with van der Waals surface area (Å²) in [6, 6.07) is 21.5. The molecule has 0 bridgehead atoms. The fourth-order valence-corrected chi connectivity index (χ4v) is 2.86. The number of hydrogen-bond acceptors (Lipinski definition) is 2. The molecule has 1 aliphatic rings.